The molecule has 4 N–H and O–H groups in total. The second-order valence-electron chi connectivity index (χ2n) is 21.0. The van der Waals surface area contributed by atoms with Gasteiger partial charge in [-0.3, -0.25) is 9.80 Å². The number of piperidine rings is 2. The number of hydrogen-bond donors (Lipinski definition) is 4. The minimum Gasteiger partial charge on any atom is -0.504 e. The summed E-state index contributed by atoms with van der Waals surface area (Å²) in [5.41, 5.74) is 3.44. The first-order valence-electron chi connectivity index (χ1n) is 22.0. The van der Waals surface area contributed by atoms with Crippen LogP contribution in [0.5, 0.6) is 23.0 Å². The van der Waals surface area contributed by atoms with Crippen LogP contribution >= 0.6 is 0 Å². The van der Waals surface area contributed by atoms with Gasteiger partial charge in [-0.1, -0.05) is 18.7 Å². The number of nitrogens with zero attached hydrogens (tertiary/aromatic N) is 2. The van der Waals surface area contributed by atoms with Crippen LogP contribution in [0.15, 0.2) is 36.4 Å². The molecule has 12 aliphatic rings. The summed E-state index contributed by atoms with van der Waals surface area (Å²) >= 11 is 0. The first-order chi connectivity index (χ1) is 26.8. The molecule has 0 unspecified atom stereocenters. The number of phenolic OH excluding ortho intramolecular Hbond substituents is 2. The standard InChI is InChI=1S/C26H35NO4.C21H25NO3/c1-23(2,29)18-13-24-8-9-26(18,30-3)22-25(24)10-11-27(14-15-4-5-15)19(24)12-16-6-7-17(28)21(31-22)20(16)25;1-12-6-7-21(24)16-10-14-4-5-15(23)18-17(14)20(21,19(12)25-18)8-9-22(16)11-13-2-3-13/h6-7,15,18-19,22,28-29H,4-5,8-14H2,1-3H3;4-5,13,16,19,23-24H,1-3,6-11H2/t18-,19-,22-,24-,25+,26-;16-,19+,20+,21-/m11/s1. The highest BCUT2D eigenvalue weighted by atomic mass is 16.6. The molecule has 56 heavy (non-hydrogen) atoms. The highest BCUT2D eigenvalue weighted by Crippen LogP contribution is 2.77. The van der Waals surface area contributed by atoms with Crippen molar-refractivity contribution in [3.63, 3.8) is 0 Å². The minimum absolute atomic E-state index is 0.0123. The minimum atomic E-state index is -0.846. The second-order valence-corrected chi connectivity index (χ2v) is 21.0. The van der Waals surface area contributed by atoms with Crippen molar-refractivity contribution in [2.75, 3.05) is 33.3 Å². The van der Waals surface area contributed by atoms with Crippen LogP contribution in [0.25, 0.3) is 0 Å². The smallest absolute Gasteiger partial charge is 0.166 e. The lowest BCUT2D eigenvalue weighted by Gasteiger charge is -2.75. The normalized spacial score (nSPS) is 43.3. The molecule has 2 saturated heterocycles. The van der Waals surface area contributed by atoms with Crippen molar-refractivity contribution in [1.29, 1.82) is 0 Å². The highest BCUT2D eigenvalue weighted by molar-refractivity contribution is 5.65. The summed E-state index contributed by atoms with van der Waals surface area (Å²) in [5.74, 6) is 3.49. The van der Waals surface area contributed by atoms with E-state index in [2.05, 4.69) is 22.4 Å². The summed E-state index contributed by atoms with van der Waals surface area (Å²) in [4.78, 5) is 5.36. The third-order valence-electron chi connectivity index (χ3n) is 18.2. The number of phenols is 2. The molecule has 0 aromatic heterocycles. The molecular formula is C47H60N2O7. The number of rotatable bonds is 6. The van der Waals surface area contributed by atoms with Gasteiger partial charge in [-0.2, -0.15) is 0 Å². The Morgan fingerprint density at radius 1 is 0.804 bits per heavy atom. The first kappa shape index (κ1) is 35.2. The Labute approximate surface area is 331 Å². The summed E-state index contributed by atoms with van der Waals surface area (Å²) in [7, 11) is 1.81. The van der Waals surface area contributed by atoms with Crippen molar-refractivity contribution in [3.8, 4) is 23.0 Å². The Kier molecular flexibility index (Phi) is 6.94. The van der Waals surface area contributed by atoms with Gasteiger partial charge >= 0.3 is 0 Å². The van der Waals surface area contributed by atoms with E-state index in [1.807, 2.05) is 33.1 Å². The fraction of sp³-hybridized carbons (Fsp3) is 0.702. The molecule has 4 heterocycles. The van der Waals surface area contributed by atoms with Crippen LogP contribution in [0.4, 0.5) is 0 Å². The maximum Gasteiger partial charge on any atom is 0.166 e. The Balaban J connectivity index is 0.000000126. The summed E-state index contributed by atoms with van der Waals surface area (Å²) in [6.07, 6.45) is 13.5. The molecule has 8 aliphatic carbocycles. The van der Waals surface area contributed by atoms with Gasteiger partial charge in [0, 0.05) is 60.2 Å². The van der Waals surface area contributed by atoms with Crippen LogP contribution in [-0.4, -0.2) is 105 Å². The molecule has 300 valence electrons. The van der Waals surface area contributed by atoms with Crippen molar-refractivity contribution in [3.05, 3.63) is 58.7 Å². The maximum absolute atomic E-state index is 12.1. The van der Waals surface area contributed by atoms with Crippen molar-refractivity contribution in [2.24, 2.45) is 23.2 Å². The Bertz CT molecular complexity index is 2060. The van der Waals surface area contributed by atoms with Crippen LogP contribution < -0.4 is 9.47 Å². The van der Waals surface area contributed by atoms with Crippen LogP contribution in [0.3, 0.4) is 0 Å². The van der Waals surface area contributed by atoms with E-state index < -0.39 is 22.2 Å². The third kappa shape index (κ3) is 4.06. The van der Waals surface area contributed by atoms with Crippen LogP contribution in [-0.2, 0) is 28.4 Å². The summed E-state index contributed by atoms with van der Waals surface area (Å²) in [5, 5.41) is 44.7. The van der Waals surface area contributed by atoms with E-state index in [1.54, 1.807) is 6.07 Å². The maximum atomic E-state index is 12.1. The van der Waals surface area contributed by atoms with Gasteiger partial charge < -0.3 is 34.6 Å². The van der Waals surface area contributed by atoms with Crippen LogP contribution in [0, 0.1) is 23.2 Å². The van der Waals surface area contributed by atoms with Crippen molar-refractivity contribution in [2.45, 2.75) is 149 Å². The fourth-order valence-corrected chi connectivity index (χ4v) is 15.6. The van der Waals surface area contributed by atoms with Gasteiger partial charge in [-0.25, -0.2) is 0 Å². The van der Waals surface area contributed by atoms with Gasteiger partial charge in [0.25, 0.3) is 0 Å². The molecular weight excluding hydrogens is 705 g/mol. The zero-order chi connectivity index (χ0) is 38.4. The molecule has 8 fully saturated rings. The van der Waals surface area contributed by atoms with E-state index in [-0.39, 0.29) is 46.5 Å². The SMILES string of the molecule is C=C1CC[C@@]2(O)[C@H]3Cc4ccc(O)c5c4[C@@]2(CCN3CC2CC2)[C@H]1O5.CO[C@]12CC[C@@]3(C[C@@H]1C(C)(C)O)[C@H]1Cc4ccc(O)c5c4[C@@]3(CCN1CC1CC1)[C@H]2O5. The molecule has 9 nitrogen and oxygen atoms in total. The molecule has 3 spiro atoms. The molecule has 2 aromatic carbocycles. The third-order valence-corrected chi connectivity index (χ3v) is 18.2. The molecule has 9 heteroatoms. The summed E-state index contributed by atoms with van der Waals surface area (Å²) < 4.78 is 19.5. The van der Waals surface area contributed by atoms with Gasteiger partial charge in [-0.05, 0) is 151 Å². The Morgan fingerprint density at radius 2 is 1.39 bits per heavy atom. The molecule has 6 bridgehead atoms. The average Bonchev–Trinajstić information content (AvgIpc) is 4.10. The molecule has 0 radical (unpaired) electrons. The van der Waals surface area contributed by atoms with Gasteiger partial charge in [-0.15, -0.1) is 0 Å². The predicted molar refractivity (Wildman–Crippen MR) is 210 cm³/mol. The van der Waals surface area contributed by atoms with E-state index >= 15 is 0 Å². The molecule has 2 aromatic rings. The lowest BCUT2D eigenvalue weighted by atomic mass is 9.34. The summed E-state index contributed by atoms with van der Waals surface area (Å²) in [6.45, 7) is 12.6. The van der Waals surface area contributed by atoms with Crippen molar-refractivity contribution >= 4 is 0 Å². The largest absolute Gasteiger partial charge is 0.504 e. The Hall–Kier alpha value is -2.82. The van der Waals surface area contributed by atoms with Crippen molar-refractivity contribution in [1.82, 2.24) is 9.80 Å². The van der Waals surface area contributed by atoms with Crippen molar-refractivity contribution < 1.29 is 34.6 Å². The first-order valence-corrected chi connectivity index (χ1v) is 22.0. The van der Waals surface area contributed by atoms with E-state index in [0.29, 0.717) is 17.5 Å². The summed E-state index contributed by atoms with van der Waals surface area (Å²) in [6, 6.07) is 8.43. The van der Waals surface area contributed by atoms with Gasteiger partial charge in [0.1, 0.15) is 17.8 Å². The van der Waals surface area contributed by atoms with Crippen LogP contribution in [0.2, 0.25) is 0 Å². The predicted octanol–water partition coefficient (Wildman–Crippen LogP) is 5.90. The van der Waals surface area contributed by atoms with E-state index in [4.69, 9.17) is 14.2 Å². The topological polar surface area (TPSA) is 115 Å². The number of likely N-dealkylation sites (tertiary alicyclic amines) is 2. The van der Waals surface area contributed by atoms with Gasteiger partial charge in [0.15, 0.2) is 23.0 Å². The molecule has 4 aliphatic heterocycles. The number of fused-ring (bicyclic) bond motifs is 2. The zero-order valence-corrected chi connectivity index (χ0v) is 33.5. The van der Waals surface area contributed by atoms with Gasteiger partial charge in [0.2, 0.25) is 0 Å². The number of hydrogen-bond acceptors (Lipinski definition) is 9. The van der Waals surface area contributed by atoms with E-state index in [9.17, 15) is 20.4 Å². The quantitative estimate of drug-likeness (QED) is 0.267. The molecule has 6 saturated carbocycles. The van der Waals surface area contributed by atoms with Gasteiger partial charge in [0.05, 0.1) is 16.6 Å². The highest BCUT2D eigenvalue weighted by Gasteiger charge is 2.82. The Morgan fingerprint density at radius 3 is 2.02 bits per heavy atom. The fourth-order valence-electron chi connectivity index (χ4n) is 15.6. The van der Waals surface area contributed by atoms with Crippen LogP contribution in [0.1, 0.15) is 107 Å². The van der Waals surface area contributed by atoms with E-state index in [0.717, 1.165) is 100 Å². The number of ether oxygens (including phenoxy) is 3. The molecule has 14 rings (SSSR count). The lowest BCUT2D eigenvalue weighted by Crippen LogP contribution is -2.82. The average molecular weight is 765 g/mol. The monoisotopic (exact) mass is 764 g/mol. The lowest BCUT2D eigenvalue weighted by molar-refractivity contribution is -0.300. The number of aliphatic hydroxyl groups is 2. The number of aromatic hydroxyl groups is 2. The van der Waals surface area contributed by atoms with E-state index in [1.165, 1.54) is 48.9 Å². The molecule has 10 atom stereocenters. The second kappa shape index (κ2) is 11.1. The zero-order valence-electron chi connectivity index (χ0n) is 33.5. The number of benzene rings is 2. The molecule has 0 amide bonds. The number of methoxy groups -OCH3 is 1.